The molecule has 3 rings (SSSR count). The van der Waals surface area contributed by atoms with Gasteiger partial charge in [-0.15, -0.1) is 0 Å². The van der Waals surface area contributed by atoms with E-state index in [9.17, 15) is 14.4 Å². The summed E-state index contributed by atoms with van der Waals surface area (Å²) in [6.45, 7) is 3.18. The Labute approximate surface area is 169 Å². The third-order valence-electron chi connectivity index (χ3n) is 4.47. The molecule has 1 aliphatic rings. The van der Waals surface area contributed by atoms with Crippen molar-refractivity contribution < 1.29 is 19.1 Å². The summed E-state index contributed by atoms with van der Waals surface area (Å²) in [6, 6.07) is 17.0. The van der Waals surface area contributed by atoms with E-state index in [2.05, 4.69) is 5.32 Å². The number of carbonyl (C=O) groups is 3. The average molecular weight is 390 g/mol. The van der Waals surface area contributed by atoms with E-state index in [-0.39, 0.29) is 12.2 Å². The quantitative estimate of drug-likeness (QED) is 0.788. The summed E-state index contributed by atoms with van der Waals surface area (Å²) < 4.78 is 5.26. The highest BCUT2D eigenvalue weighted by molar-refractivity contribution is 6.02. The van der Waals surface area contributed by atoms with Crippen LogP contribution in [-0.2, 0) is 14.3 Å². The number of urea groups is 1. The van der Waals surface area contributed by atoms with Crippen LogP contribution >= 0.6 is 0 Å². The van der Waals surface area contributed by atoms with E-state index in [1.807, 2.05) is 36.4 Å². The Kier molecular flexibility index (Phi) is 6.24. The van der Waals surface area contributed by atoms with Gasteiger partial charge in [0.2, 0.25) is 5.91 Å². The molecule has 0 radical (unpaired) electrons. The molecule has 0 fully saturated rings. The normalized spacial score (nSPS) is 16.7. The van der Waals surface area contributed by atoms with Crippen LogP contribution in [-0.4, -0.2) is 29.4 Å². The molecule has 1 unspecified atom stereocenters. The molecular weight excluding hydrogens is 368 g/mol. The van der Waals surface area contributed by atoms with Gasteiger partial charge < -0.3 is 10.1 Å². The van der Waals surface area contributed by atoms with Crippen LogP contribution in [0.4, 0.5) is 4.79 Å². The molecule has 2 aromatic carbocycles. The van der Waals surface area contributed by atoms with Crippen molar-refractivity contribution in [3.8, 4) is 0 Å². The number of ether oxygens (including phenoxy) is 1. The fourth-order valence-corrected chi connectivity index (χ4v) is 3.22. The molecule has 0 saturated heterocycles. The van der Waals surface area contributed by atoms with Crippen LogP contribution in [0.2, 0.25) is 0 Å². The van der Waals surface area contributed by atoms with Crippen molar-refractivity contribution in [3.05, 3.63) is 89.1 Å². The second kappa shape index (κ2) is 9.01. The van der Waals surface area contributed by atoms with E-state index in [1.165, 1.54) is 6.92 Å². The lowest BCUT2D eigenvalue weighted by molar-refractivity contribution is -0.139. The largest absolute Gasteiger partial charge is 0.463 e. The summed E-state index contributed by atoms with van der Waals surface area (Å²) in [6.07, 6.45) is 3.45. The van der Waals surface area contributed by atoms with Crippen LogP contribution in [0.25, 0.3) is 6.08 Å². The lowest BCUT2D eigenvalue weighted by Gasteiger charge is -2.35. The predicted molar refractivity (Wildman–Crippen MR) is 109 cm³/mol. The summed E-state index contributed by atoms with van der Waals surface area (Å²) in [5, 5.41) is 2.67. The Balaban J connectivity index is 2.17. The van der Waals surface area contributed by atoms with E-state index in [0.29, 0.717) is 11.3 Å². The first-order valence-electron chi connectivity index (χ1n) is 9.33. The highest BCUT2D eigenvalue weighted by Crippen LogP contribution is 2.35. The number of nitrogens with one attached hydrogen (secondary N) is 1. The number of amides is 3. The summed E-state index contributed by atoms with van der Waals surface area (Å²) in [5.41, 5.74) is 2.07. The molecule has 1 atom stereocenters. The third-order valence-corrected chi connectivity index (χ3v) is 4.47. The number of nitrogens with zero attached hydrogens (tertiary/aromatic N) is 1. The summed E-state index contributed by atoms with van der Waals surface area (Å²) in [4.78, 5) is 38.9. The number of rotatable bonds is 5. The molecule has 1 aliphatic heterocycles. The highest BCUT2D eigenvalue weighted by atomic mass is 16.5. The van der Waals surface area contributed by atoms with E-state index < -0.39 is 23.9 Å². The maximum absolute atomic E-state index is 12.9. The molecule has 148 valence electrons. The van der Waals surface area contributed by atoms with Crippen LogP contribution < -0.4 is 5.32 Å². The Bertz CT molecular complexity index is 965. The first kappa shape index (κ1) is 20.1. The summed E-state index contributed by atoms with van der Waals surface area (Å²) >= 11 is 0. The fourth-order valence-electron chi connectivity index (χ4n) is 3.22. The Hall–Kier alpha value is -3.67. The Morgan fingerprint density at radius 2 is 1.66 bits per heavy atom. The minimum absolute atomic E-state index is 0.174. The number of hydrogen-bond acceptors (Lipinski definition) is 4. The lowest BCUT2D eigenvalue weighted by Crippen LogP contribution is -2.50. The van der Waals surface area contributed by atoms with E-state index in [4.69, 9.17) is 4.74 Å². The van der Waals surface area contributed by atoms with E-state index >= 15 is 0 Å². The van der Waals surface area contributed by atoms with Gasteiger partial charge in [-0.25, -0.2) is 9.59 Å². The van der Waals surface area contributed by atoms with Crippen LogP contribution in [0, 0.1) is 0 Å². The van der Waals surface area contributed by atoms with Gasteiger partial charge in [0, 0.05) is 6.92 Å². The molecular formula is C23H22N2O4. The van der Waals surface area contributed by atoms with Crippen LogP contribution in [0.15, 0.2) is 78.0 Å². The second-order valence-corrected chi connectivity index (χ2v) is 6.42. The third kappa shape index (κ3) is 4.43. The van der Waals surface area contributed by atoms with Gasteiger partial charge in [0.25, 0.3) is 0 Å². The number of imide groups is 1. The molecule has 29 heavy (non-hydrogen) atoms. The smallest absolute Gasteiger partial charge is 0.338 e. The van der Waals surface area contributed by atoms with Crippen molar-refractivity contribution in [1.82, 2.24) is 10.2 Å². The first-order chi connectivity index (χ1) is 14.0. The van der Waals surface area contributed by atoms with Gasteiger partial charge in [-0.3, -0.25) is 9.69 Å². The number of benzene rings is 2. The van der Waals surface area contributed by atoms with Gasteiger partial charge in [-0.1, -0.05) is 66.7 Å². The molecule has 0 bridgehead atoms. The molecule has 2 aromatic rings. The fraction of sp³-hybridized carbons (Fsp3) is 0.174. The van der Waals surface area contributed by atoms with Gasteiger partial charge in [-0.2, -0.15) is 0 Å². The molecule has 1 heterocycles. The van der Waals surface area contributed by atoms with Crippen molar-refractivity contribution in [1.29, 1.82) is 0 Å². The molecule has 6 nitrogen and oxygen atoms in total. The number of carbonyl (C=O) groups excluding carboxylic acids is 3. The van der Waals surface area contributed by atoms with Gasteiger partial charge in [0.1, 0.15) is 6.04 Å². The van der Waals surface area contributed by atoms with Crippen LogP contribution in [0.1, 0.15) is 31.0 Å². The van der Waals surface area contributed by atoms with Gasteiger partial charge in [-0.05, 0) is 24.1 Å². The number of esters is 1. The molecule has 0 aromatic heterocycles. The SMILES string of the molecule is CCOC(=O)C1=C(/C=C/c2ccccc2)NC(=O)N(C(C)=O)C1c1ccccc1. The zero-order chi connectivity index (χ0) is 20.8. The van der Waals surface area contributed by atoms with Gasteiger partial charge in [0.15, 0.2) is 0 Å². The van der Waals surface area contributed by atoms with Crippen molar-refractivity contribution in [2.24, 2.45) is 0 Å². The highest BCUT2D eigenvalue weighted by Gasteiger charge is 2.41. The molecule has 1 N–H and O–H groups in total. The standard InChI is InChI=1S/C23H22N2O4/c1-3-29-22(27)20-19(15-14-17-10-6-4-7-11-17)24-23(28)25(16(2)26)21(20)18-12-8-5-9-13-18/h4-15,21H,3H2,1-2H3,(H,24,28)/b15-14+. The lowest BCUT2D eigenvalue weighted by atomic mass is 9.93. The summed E-state index contributed by atoms with van der Waals surface area (Å²) in [7, 11) is 0. The number of hydrogen-bond donors (Lipinski definition) is 1. The molecule has 0 aliphatic carbocycles. The molecule has 6 heteroatoms. The first-order valence-corrected chi connectivity index (χ1v) is 9.33. The average Bonchev–Trinajstić information content (AvgIpc) is 2.72. The Morgan fingerprint density at radius 1 is 1.03 bits per heavy atom. The maximum Gasteiger partial charge on any atom is 0.338 e. The summed E-state index contributed by atoms with van der Waals surface area (Å²) in [5.74, 6) is -1.05. The van der Waals surface area contributed by atoms with Crippen LogP contribution in [0.3, 0.4) is 0 Å². The van der Waals surface area contributed by atoms with Gasteiger partial charge in [0.05, 0.1) is 17.9 Å². The number of allylic oxidation sites excluding steroid dienone is 1. The maximum atomic E-state index is 12.9. The van der Waals surface area contributed by atoms with Crippen molar-refractivity contribution in [3.63, 3.8) is 0 Å². The van der Waals surface area contributed by atoms with Crippen LogP contribution in [0.5, 0.6) is 0 Å². The molecule has 0 saturated carbocycles. The topological polar surface area (TPSA) is 75.7 Å². The van der Waals surface area contributed by atoms with Crippen molar-refractivity contribution in [2.75, 3.05) is 6.61 Å². The zero-order valence-corrected chi connectivity index (χ0v) is 16.3. The van der Waals surface area contributed by atoms with E-state index in [0.717, 1.165) is 10.5 Å². The minimum Gasteiger partial charge on any atom is -0.463 e. The monoisotopic (exact) mass is 390 g/mol. The molecule has 0 spiro atoms. The second-order valence-electron chi connectivity index (χ2n) is 6.42. The Morgan fingerprint density at radius 3 is 2.24 bits per heavy atom. The molecule has 3 amide bonds. The van der Waals surface area contributed by atoms with Crippen molar-refractivity contribution >= 4 is 24.0 Å². The minimum atomic E-state index is -0.878. The van der Waals surface area contributed by atoms with E-state index in [1.54, 1.807) is 43.3 Å². The zero-order valence-electron chi connectivity index (χ0n) is 16.3. The predicted octanol–water partition coefficient (Wildman–Crippen LogP) is 3.83. The van der Waals surface area contributed by atoms with Gasteiger partial charge >= 0.3 is 12.0 Å². The van der Waals surface area contributed by atoms with Crippen molar-refractivity contribution in [2.45, 2.75) is 19.9 Å².